The van der Waals surface area contributed by atoms with Crippen LogP contribution in [0.4, 0.5) is 10.9 Å². The lowest BCUT2D eigenvalue weighted by Crippen LogP contribution is -2.37. The summed E-state index contributed by atoms with van der Waals surface area (Å²) >= 11 is 3.24. The van der Waals surface area contributed by atoms with Gasteiger partial charge in [0.05, 0.1) is 0 Å². The predicted octanol–water partition coefficient (Wildman–Crippen LogP) is 0.980. The first-order valence-corrected chi connectivity index (χ1v) is 7.37. The number of thioether (sulfide) groups is 1. The number of nitrogen functional groups attached to an aromatic ring is 1. The first-order valence-electron chi connectivity index (χ1n) is 5.40. The van der Waals surface area contributed by atoms with E-state index in [0.29, 0.717) is 10.7 Å². The summed E-state index contributed by atoms with van der Waals surface area (Å²) in [6.07, 6.45) is 0. The lowest BCUT2D eigenvalue weighted by atomic mass is 10.4. The number of carbonyl (C=O) groups is 1. The number of thiazole rings is 1. The van der Waals surface area contributed by atoms with Gasteiger partial charge in [0.15, 0.2) is 5.13 Å². The summed E-state index contributed by atoms with van der Waals surface area (Å²) in [6, 6.07) is 0. The van der Waals surface area contributed by atoms with E-state index in [1.165, 1.54) is 11.3 Å². The van der Waals surface area contributed by atoms with E-state index in [4.69, 9.17) is 5.73 Å². The smallest absolute Gasteiger partial charge is 0.267 e. The van der Waals surface area contributed by atoms with Crippen LogP contribution in [0, 0.1) is 0 Å². The van der Waals surface area contributed by atoms with Crippen LogP contribution >= 0.6 is 23.1 Å². The summed E-state index contributed by atoms with van der Waals surface area (Å²) in [7, 11) is 3.79. The van der Waals surface area contributed by atoms with Gasteiger partial charge in [-0.25, -0.2) is 4.98 Å². The summed E-state index contributed by atoms with van der Waals surface area (Å²) in [4.78, 5) is 20.7. The second-order valence-electron chi connectivity index (χ2n) is 4.01. The lowest BCUT2D eigenvalue weighted by molar-refractivity contribution is 0.0778. The number of amides is 1. The number of anilines is 2. The van der Waals surface area contributed by atoms with Crippen molar-refractivity contribution in [2.45, 2.75) is 0 Å². The molecule has 0 atom stereocenters. The molecule has 1 fully saturated rings. The average Bonchev–Trinajstić information content (AvgIpc) is 2.72. The molecule has 0 radical (unpaired) electrons. The number of carbonyl (C=O) groups excluding carboxylic acids is 1. The molecular formula is C10H16N4OS2. The van der Waals surface area contributed by atoms with Gasteiger partial charge >= 0.3 is 0 Å². The van der Waals surface area contributed by atoms with E-state index in [9.17, 15) is 4.79 Å². The molecule has 1 aliphatic heterocycles. The van der Waals surface area contributed by atoms with Crippen LogP contribution in [0.15, 0.2) is 0 Å². The van der Waals surface area contributed by atoms with Gasteiger partial charge in [0.25, 0.3) is 5.91 Å². The summed E-state index contributed by atoms with van der Waals surface area (Å²) in [5, 5.41) is 0.775. The van der Waals surface area contributed by atoms with Gasteiger partial charge in [0.2, 0.25) is 0 Å². The average molecular weight is 272 g/mol. The number of nitrogens with two attached hydrogens (primary N) is 1. The number of aromatic nitrogens is 1. The molecule has 0 saturated carbocycles. The minimum absolute atomic E-state index is 0.0217. The molecule has 0 spiro atoms. The summed E-state index contributed by atoms with van der Waals surface area (Å²) in [5.41, 5.74) is 5.81. The highest BCUT2D eigenvalue weighted by atomic mass is 32.2. The quantitative estimate of drug-likeness (QED) is 0.869. The highest BCUT2D eigenvalue weighted by Gasteiger charge is 2.23. The Kier molecular flexibility index (Phi) is 3.78. The minimum atomic E-state index is 0.0217. The third-order valence-electron chi connectivity index (χ3n) is 2.52. The van der Waals surface area contributed by atoms with Gasteiger partial charge in [0, 0.05) is 38.7 Å². The van der Waals surface area contributed by atoms with Gasteiger partial charge in [-0.2, -0.15) is 11.8 Å². The fourth-order valence-corrected chi connectivity index (χ4v) is 3.35. The maximum atomic E-state index is 12.2. The number of rotatable bonds is 2. The Morgan fingerprint density at radius 1 is 1.41 bits per heavy atom. The monoisotopic (exact) mass is 272 g/mol. The predicted molar refractivity (Wildman–Crippen MR) is 74.1 cm³/mol. The molecule has 0 unspecified atom stereocenters. The van der Waals surface area contributed by atoms with Gasteiger partial charge in [-0.3, -0.25) is 4.79 Å². The van der Waals surface area contributed by atoms with E-state index in [1.807, 2.05) is 35.7 Å². The highest BCUT2D eigenvalue weighted by Crippen LogP contribution is 2.28. The molecule has 1 aromatic rings. The molecule has 0 bridgehead atoms. The normalized spacial score (nSPS) is 16.0. The van der Waals surface area contributed by atoms with Crippen molar-refractivity contribution in [3.8, 4) is 0 Å². The Labute approximate surface area is 109 Å². The molecule has 2 heterocycles. The first kappa shape index (κ1) is 12.5. The fourth-order valence-electron chi connectivity index (χ4n) is 1.57. The van der Waals surface area contributed by atoms with Crippen molar-refractivity contribution in [2.24, 2.45) is 0 Å². The Morgan fingerprint density at radius 3 is 2.59 bits per heavy atom. The molecule has 2 rings (SSSR count). The van der Waals surface area contributed by atoms with E-state index in [0.717, 1.165) is 29.7 Å². The second-order valence-corrected chi connectivity index (χ2v) is 6.21. The molecular weight excluding hydrogens is 256 g/mol. The van der Waals surface area contributed by atoms with Gasteiger partial charge < -0.3 is 15.5 Å². The van der Waals surface area contributed by atoms with Crippen molar-refractivity contribution in [3.63, 3.8) is 0 Å². The summed E-state index contributed by atoms with van der Waals surface area (Å²) < 4.78 is 0. The first-order chi connectivity index (χ1) is 8.09. The molecule has 2 N–H and O–H groups in total. The third kappa shape index (κ3) is 2.66. The van der Waals surface area contributed by atoms with E-state index in [1.54, 1.807) is 0 Å². The number of hydrogen-bond donors (Lipinski definition) is 1. The Balaban J connectivity index is 2.18. The zero-order valence-corrected chi connectivity index (χ0v) is 11.6. The molecule has 94 valence electrons. The van der Waals surface area contributed by atoms with E-state index >= 15 is 0 Å². The Bertz CT molecular complexity index is 412. The van der Waals surface area contributed by atoms with Gasteiger partial charge in [0.1, 0.15) is 10.7 Å². The second kappa shape index (κ2) is 5.14. The molecule has 1 aromatic heterocycles. The topological polar surface area (TPSA) is 62.5 Å². The lowest BCUT2D eigenvalue weighted by Gasteiger charge is -2.25. The van der Waals surface area contributed by atoms with E-state index in [-0.39, 0.29) is 5.91 Å². The van der Waals surface area contributed by atoms with Crippen LogP contribution in [0.2, 0.25) is 0 Å². The van der Waals surface area contributed by atoms with Crippen molar-refractivity contribution in [1.82, 2.24) is 9.88 Å². The SMILES string of the molecule is CN(C)c1nc(N)c(C(=O)N2CCSCC2)s1. The molecule has 0 aromatic carbocycles. The van der Waals surface area contributed by atoms with Crippen LogP contribution in [-0.4, -0.2) is 54.5 Å². The Morgan fingerprint density at radius 2 is 2.06 bits per heavy atom. The zero-order chi connectivity index (χ0) is 12.4. The largest absolute Gasteiger partial charge is 0.382 e. The third-order valence-corrected chi connectivity index (χ3v) is 4.69. The van der Waals surface area contributed by atoms with Crippen LogP contribution < -0.4 is 10.6 Å². The van der Waals surface area contributed by atoms with Crippen LogP contribution in [0.25, 0.3) is 0 Å². The van der Waals surface area contributed by atoms with Crippen molar-refractivity contribution >= 4 is 40.0 Å². The van der Waals surface area contributed by atoms with Crippen molar-refractivity contribution in [3.05, 3.63) is 4.88 Å². The molecule has 17 heavy (non-hydrogen) atoms. The highest BCUT2D eigenvalue weighted by molar-refractivity contribution is 7.99. The fraction of sp³-hybridized carbons (Fsp3) is 0.600. The van der Waals surface area contributed by atoms with Gasteiger partial charge in [-0.1, -0.05) is 11.3 Å². The van der Waals surface area contributed by atoms with E-state index < -0.39 is 0 Å². The molecule has 1 aliphatic rings. The van der Waals surface area contributed by atoms with Gasteiger partial charge in [-0.05, 0) is 0 Å². The summed E-state index contributed by atoms with van der Waals surface area (Å²) in [5.74, 6) is 2.38. The van der Waals surface area contributed by atoms with Crippen LogP contribution in [0.3, 0.4) is 0 Å². The van der Waals surface area contributed by atoms with Gasteiger partial charge in [-0.15, -0.1) is 0 Å². The molecule has 5 nitrogen and oxygen atoms in total. The summed E-state index contributed by atoms with van der Waals surface area (Å²) in [6.45, 7) is 1.61. The molecule has 7 heteroatoms. The van der Waals surface area contributed by atoms with Crippen LogP contribution in [-0.2, 0) is 0 Å². The molecule has 1 saturated heterocycles. The maximum absolute atomic E-state index is 12.2. The number of nitrogens with zero attached hydrogens (tertiary/aromatic N) is 3. The van der Waals surface area contributed by atoms with Crippen LogP contribution in [0.5, 0.6) is 0 Å². The zero-order valence-electron chi connectivity index (χ0n) is 9.97. The van der Waals surface area contributed by atoms with Crippen molar-refractivity contribution in [2.75, 3.05) is 49.3 Å². The van der Waals surface area contributed by atoms with Crippen LogP contribution in [0.1, 0.15) is 9.67 Å². The van der Waals surface area contributed by atoms with Crippen molar-refractivity contribution in [1.29, 1.82) is 0 Å². The molecule has 0 aliphatic carbocycles. The Hall–Kier alpha value is -0.950. The number of hydrogen-bond acceptors (Lipinski definition) is 6. The van der Waals surface area contributed by atoms with Crippen molar-refractivity contribution < 1.29 is 4.79 Å². The maximum Gasteiger partial charge on any atom is 0.267 e. The molecule has 1 amide bonds. The van der Waals surface area contributed by atoms with E-state index in [2.05, 4.69) is 4.98 Å². The standard InChI is InChI=1S/C10H16N4OS2/c1-13(2)10-12-8(11)7(17-10)9(15)14-3-5-16-6-4-14/h3-6,11H2,1-2H3. The minimum Gasteiger partial charge on any atom is -0.382 e.